The van der Waals surface area contributed by atoms with Gasteiger partial charge >= 0.3 is 0 Å². The fourth-order valence-electron chi connectivity index (χ4n) is 1.83. The lowest BCUT2D eigenvalue weighted by molar-refractivity contribution is 0.0269. The molecule has 1 unspecified atom stereocenters. The van der Waals surface area contributed by atoms with E-state index in [0.717, 1.165) is 12.2 Å². The molecule has 0 aromatic rings. The van der Waals surface area contributed by atoms with E-state index in [2.05, 4.69) is 39.8 Å². The van der Waals surface area contributed by atoms with Gasteiger partial charge in [0.15, 0.2) is 0 Å². The van der Waals surface area contributed by atoms with Gasteiger partial charge in [-0.1, -0.05) is 26.0 Å². The summed E-state index contributed by atoms with van der Waals surface area (Å²) in [6.07, 6.45) is 5.57. The number of methoxy groups -OCH3 is 1. The molecule has 0 bridgehead atoms. The molecule has 15 heavy (non-hydrogen) atoms. The van der Waals surface area contributed by atoms with Gasteiger partial charge < -0.3 is 9.47 Å². The molecule has 0 aromatic carbocycles. The summed E-state index contributed by atoms with van der Waals surface area (Å²) in [7, 11) is 1.74. The molecule has 0 amide bonds. The molecule has 1 aliphatic carbocycles. The lowest BCUT2D eigenvalue weighted by Gasteiger charge is -2.25. The maximum atomic E-state index is 5.75. The SMILES string of the molecule is COC1=C(C(C)C)C=CC(OC(C)C)C1. The molecule has 1 aliphatic rings. The van der Waals surface area contributed by atoms with Crippen LogP contribution in [0, 0.1) is 5.92 Å². The average Bonchev–Trinajstić information content (AvgIpc) is 2.16. The molecule has 2 heteroatoms. The van der Waals surface area contributed by atoms with Gasteiger partial charge in [0.2, 0.25) is 0 Å². The van der Waals surface area contributed by atoms with Gasteiger partial charge in [0, 0.05) is 6.42 Å². The third-order valence-electron chi connectivity index (χ3n) is 2.51. The zero-order valence-electron chi connectivity index (χ0n) is 10.4. The summed E-state index contributed by atoms with van der Waals surface area (Å²) < 4.78 is 11.2. The Bertz CT molecular complexity index is 262. The van der Waals surface area contributed by atoms with E-state index in [4.69, 9.17) is 9.47 Å². The van der Waals surface area contributed by atoms with Crippen LogP contribution in [0.25, 0.3) is 0 Å². The molecule has 0 aliphatic heterocycles. The van der Waals surface area contributed by atoms with E-state index in [1.54, 1.807) is 7.11 Å². The first-order valence-corrected chi connectivity index (χ1v) is 5.65. The predicted octanol–water partition coefficient (Wildman–Crippen LogP) is 3.30. The van der Waals surface area contributed by atoms with Gasteiger partial charge in [-0.05, 0) is 25.3 Å². The number of hydrogen-bond donors (Lipinski definition) is 0. The Hall–Kier alpha value is -0.760. The molecule has 86 valence electrons. The van der Waals surface area contributed by atoms with E-state index < -0.39 is 0 Å². The van der Waals surface area contributed by atoms with E-state index in [9.17, 15) is 0 Å². The summed E-state index contributed by atoms with van der Waals surface area (Å²) in [5, 5.41) is 0. The fraction of sp³-hybridized carbons (Fsp3) is 0.692. The number of ether oxygens (including phenoxy) is 2. The Morgan fingerprint density at radius 3 is 2.40 bits per heavy atom. The summed E-state index contributed by atoms with van der Waals surface area (Å²) >= 11 is 0. The highest BCUT2D eigenvalue weighted by atomic mass is 16.5. The second-order valence-electron chi connectivity index (χ2n) is 4.52. The molecular formula is C13H22O2. The van der Waals surface area contributed by atoms with Crippen molar-refractivity contribution in [2.45, 2.75) is 46.3 Å². The maximum absolute atomic E-state index is 5.75. The Morgan fingerprint density at radius 1 is 1.27 bits per heavy atom. The first kappa shape index (κ1) is 12.3. The third kappa shape index (κ3) is 3.38. The van der Waals surface area contributed by atoms with E-state index in [1.165, 1.54) is 5.57 Å². The van der Waals surface area contributed by atoms with Crippen molar-refractivity contribution in [2.24, 2.45) is 5.92 Å². The Balaban J connectivity index is 2.70. The van der Waals surface area contributed by atoms with Crippen LogP contribution in [0.15, 0.2) is 23.5 Å². The van der Waals surface area contributed by atoms with E-state index in [1.807, 2.05) is 0 Å². The van der Waals surface area contributed by atoms with Gasteiger partial charge in [0.25, 0.3) is 0 Å². The minimum atomic E-state index is 0.169. The molecule has 0 fully saturated rings. The van der Waals surface area contributed by atoms with Gasteiger partial charge in [-0.25, -0.2) is 0 Å². The highest BCUT2D eigenvalue weighted by molar-refractivity contribution is 5.29. The molecule has 0 saturated carbocycles. The molecule has 1 rings (SSSR count). The molecular weight excluding hydrogens is 188 g/mol. The quantitative estimate of drug-likeness (QED) is 0.709. The topological polar surface area (TPSA) is 18.5 Å². The predicted molar refractivity (Wildman–Crippen MR) is 62.6 cm³/mol. The summed E-state index contributed by atoms with van der Waals surface area (Å²) in [4.78, 5) is 0. The zero-order chi connectivity index (χ0) is 11.4. The lowest BCUT2D eigenvalue weighted by Crippen LogP contribution is -2.20. The van der Waals surface area contributed by atoms with Crippen molar-refractivity contribution in [3.05, 3.63) is 23.5 Å². The summed E-state index contributed by atoms with van der Waals surface area (Å²) in [5.74, 6) is 1.58. The van der Waals surface area contributed by atoms with Crippen molar-refractivity contribution in [3.63, 3.8) is 0 Å². The smallest absolute Gasteiger partial charge is 0.102 e. The minimum absolute atomic E-state index is 0.169. The van der Waals surface area contributed by atoms with Gasteiger partial charge in [0.1, 0.15) is 5.76 Å². The fourth-order valence-corrected chi connectivity index (χ4v) is 1.83. The highest BCUT2D eigenvalue weighted by Gasteiger charge is 2.19. The lowest BCUT2D eigenvalue weighted by atomic mass is 9.94. The van der Waals surface area contributed by atoms with Gasteiger partial charge in [-0.2, -0.15) is 0 Å². The second kappa shape index (κ2) is 5.36. The standard InChI is InChI=1S/C13H22O2/c1-9(2)12-7-6-11(15-10(3)4)8-13(12)14-5/h6-7,9-11H,8H2,1-5H3. The third-order valence-corrected chi connectivity index (χ3v) is 2.51. The van der Waals surface area contributed by atoms with Crippen LogP contribution in [0.4, 0.5) is 0 Å². The van der Waals surface area contributed by atoms with Gasteiger partial charge in [-0.15, -0.1) is 0 Å². The summed E-state index contributed by atoms with van der Waals surface area (Å²) in [5.41, 5.74) is 1.29. The van der Waals surface area contributed by atoms with Crippen molar-refractivity contribution < 1.29 is 9.47 Å². The molecule has 0 saturated heterocycles. The molecule has 1 atom stereocenters. The van der Waals surface area contributed by atoms with Crippen LogP contribution in [0.5, 0.6) is 0 Å². The zero-order valence-corrected chi connectivity index (χ0v) is 10.4. The first-order chi connectivity index (χ1) is 7.04. The van der Waals surface area contributed by atoms with Crippen LogP contribution in [0.2, 0.25) is 0 Å². The van der Waals surface area contributed by atoms with Crippen LogP contribution in [0.3, 0.4) is 0 Å². The maximum Gasteiger partial charge on any atom is 0.102 e. The number of rotatable bonds is 4. The first-order valence-electron chi connectivity index (χ1n) is 5.65. The van der Waals surface area contributed by atoms with Gasteiger partial charge in [-0.3, -0.25) is 0 Å². The van der Waals surface area contributed by atoms with Crippen molar-refractivity contribution >= 4 is 0 Å². The van der Waals surface area contributed by atoms with Crippen LogP contribution in [0.1, 0.15) is 34.1 Å². The van der Waals surface area contributed by atoms with Gasteiger partial charge in [0.05, 0.1) is 19.3 Å². The van der Waals surface area contributed by atoms with Crippen molar-refractivity contribution in [3.8, 4) is 0 Å². The molecule has 0 heterocycles. The Kier molecular flexibility index (Phi) is 4.40. The van der Waals surface area contributed by atoms with Crippen molar-refractivity contribution in [2.75, 3.05) is 7.11 Å². The van der Waals surface area contributed by atoms with Crippen molar-refractivity contribution in [1.82, 2.24) is 0 Å². The van der Waals surface area contributed by atoms with E-state index in [-0.39, 0.29) is 12.2 Å². The summed E-state index contributed by atoms with van der Waals surface area (Å²) in [6.45, 7) is 8.48. The van der Waals surface area contributed by atoms with E-state index in [0.29, 0.717) is 5.92 Å². The molecule has 0 aromatic heterocycles. The van der Waals surface area contributed by atoms with Crippen LogP contribution < -0.4 is 0 Å². The minimum Gasteiger partial charge on any atom is -0.501 e. The molecule has 0 radical (unpaired) electrons. The second-order valence-corrected chi connectivity index (χ2v) is 4.52. The van der Waals surface area contributed by atoms with Crippen LogP contribution in [-0.4, -0.2) is 19.3 Å². The highest BCUT2D eigenvalue weighted by Crippen LogP contribution is 2.27. The largest absolute Gasteiger partial charge is 0.501 e. The average molecular weight is 210 g/mol. The Labute approximate surface area is 93.0 Å². The normalized spacial score (nSPS) is 21.7. The van der Waals surface area contributed by atoms with E-state index >= 15 is 0 Å². The van der Waals surface area contributed by atoms with Crippen LogP contribution >= 0.6 is 0 Å². The summed E-state index contributed by atoms with van der Waals surface area (Å²) in [6, 6.07) is 0. The number of hydrogen-bond acceptors (Lipinski definition) is 2. The molecule has 0 spiro atoms. The van der Waals surface area contributed by atoms with Crippen LogP contribution in [-0.2, 0) is 9.47 Å². The monoisotopic (exact) mass is 210 g/mol. The number of allylic oxidation sites excluding steroid dienone is 2. The molecule has 2 nitrogen and oxygen atoms in total. The van der Waals surface area contributed by atoms with Crippen molar-refractivity contribution in [1.29, 1.82) is 0 Å². The molecule has 0 N–H and O–H groups in total. The Morgan fingerprint density at radius 2 is 1.93 bits per heavy atom.